The van der Waals surface area contributed by atoms with Gasteiger partial charge in [0.15, 0.2) is 0 Å². The number of nitrogens with zero attached hydrogens (tertiary/aromatic N) is 1. The fraction of sp³-hybridized carbons (Fsp3) is 0.909. The van der Waals surface area contributed by atoms with Gasteiger partial charge in [0.1, 0.15) is 5.78 Å². The van der Waals surface area contributed by atoms with Crippen molar-refractivity contribution in [2.45, 2.75) is 32.2 Å². The van der Waals surface area contributed by atoms with E-state index in [1.165, 1.54) is 12.8 Å². The third-order valence-corrected chi connectivity index (χ3v) is 3.51. The molecule has 0 aromatic rings. The van der Waals surface area contributed by atoms with Crippen molar-refractivity contribution in [2.75, 3.05) is 26.3 Å². The van der Waals surface area contributed by atoms with E-state index in [1.54, 1.807) is 0 Å². The average Bonchev–Trinajstić information content (AvgIpc) is 2.65. The van der Waals surface area contributed by atoms with Gasteiger partial charge in [-0.3, -0.25) is 9.69 Å². The summed E-state index contributed by atoms with van der Waals surface area (Å²) in [6.07, 6.45) is 3.18. The molecule has 2 heterocycles. The number of Topliss-reactive ketones (excluding diaryl/α,β-unsaturated/α-hetero) is 1. The Morgan fingerprint density at radius 2 is 2.43 bits per heavy atom. The summed E-state index contributed by atoms with van der Waals surface area (Å²) < 4.78 is 5.48. The van der Waals surface area contributed by atoms with Crippen molar-refractivity contribution in [1.82, 2.24) is 4.90 Å². The van der Waals surface area contributed by atoms with E-state index in [2.05, 4.69) is 11.8 Å². The summed E-state index contributed by atoms with van der Waals surface area (Å²) in [5.74, 6) is 1.03. The SMILES string of the molecule is CC(C1CCCOC1)N1CCC(=O)C1. The predicted molar refractivity (Wildman–Crippen MR) is 54.2 cm³/mol. The van der Waals surface area contributed by atoms with Gasteiger partial charge in [-0.25, -0.2) is 0 Å². The average molecular weight is 197 g/mol. The van der Waals surface area contributed by atoms with Crippen LogP contribution in [-0.2, 0) is 9.53 Å². The summed E-state index contributed by atoms with van der Waals surface area (Å²) in [6.45, 7) is 5.65. The molecule has 0 aromatic carbocycles. The van der Waals surface area contributed by atoms with Crippen LogP contribution >= 0.6 is 0 Å². The first kappa shape index (κ1) is 10.1. The number of likely N-dealkylation sites (tertiary alicyclic amines) is 1. The monoisotopic (exact) mass is 197 g/mol. The highest BCUT2D eigenvalue weighted by Gasteiger charge is 2.30. The van der Waals surface area contributed by atoms with Gasteiger partial charge < -0.3 is 4.74 Å². The third kappa shape index (κ3) is 2.15. The van der Waals surface area contributed by atoms with Gasteiger partial charge in [0.25, 0.3) is 0 Å². The van der Waals surface area contributed by atoms with Crippen LogP contribution in [0.15, 0.2) is 0 Å². The van der Waals surface area contributed by atoms with E-state index in [1.807, 2.05) is 0 Å². The summed E-state index contributed by atoms with van der Waals surface area (Å²) in [5.41, 5.74) is 0. The topological polar surface area (TPSA) is 29.5 Å². The molecule has 2 unspecified atom stereocenters. The van der Waals surface area contributed by atoms with Gasteiger partial charge >= 0.3 is 0 Å². The maximum atomic E-state index is 11.2. The van der Waals surface area contributed by atoms with E-state index in [-0.39, 0.29) is 0 Å². The van der Waals surface area contributed by atoms with E-state index in [0.29, 0.717) is 24.3 Å². The second kappa shape index (κ2) is 4.41. The molecule has 0 aromatic heterocycles. The molecule has 0 spiro atoms. The van der Waals surface area contributed by atoms with Crippen molar-refractivity contribution in [3.63, 3.8) is 0 Å². The number of carbonyl (C=O) groups is 1. The lowest BCUT2D eigenvalue weighted by Gasteiger charge is -2.33. The summed E-state index contributed by atoms with van der Waals surface area (Å²) in [7, 11) is 0. The van der Waals surface area contributed by atoms with Crippen LogP contribution in [0.1, 0.15) is 26.2 Å². The van der Waals surface area contributed by atoms with Crippen molar-refractivity contribution < 1.29 is 9.53 Å². The van der Waals surface area contributed by atoms with Crippen LogP contribution in [0, 0.1) is 5.92 Å². The van der Waals surface area contributed by atoms with Crippen LogP contribution in [0.4, 0.5) is 0 Å². The summed E-state index contributed by atoms with van der Waals surface area (Å²) in [4.78, 5) is 13.5. The van der Waals surface area contributed by atoms with E-state index in [0.717, 1.165) is 26.2 Å². The molecule has 3 nitrogen and oxygen atoms in total. The molecule has 14 heavy (non-hydrogen) atoms. The Kier molecular flexibility index (Phi) is 3.19. The van der Waals surface area contributed by atoms with Gasteiger partial charge in [-0.15, -0.1) is 0 Å². The molecular formula is C11H19NO2. The minimum absolute atomic E-state index is 0.397. The molecule has 2 aliphatic heterocycles. The first-order chi connectivity index (χ1) is 6.77. The zero-order chi connectivity index (χ0) is 9.97. The Morgan fingerprint density at radius 1 is 1.57 bits per heavy atom. The summed E-state index contributed by atoms with van der Waals surface area (Å²) >= 11 is 0. The molecule has 0 aliphatic carbocycles. The van der Waals surface area contributed by atoms with Crippen LogP contribution < -0.4 is 0 Å². The number of hydrogen-bond donors (Lipinski definition) is 0. The highest BCUT2D eigenvalue weighted by atomic mass is 16.5. The Morgan fingerprint density at radius 3 is 3.00 bits per heavy atom. The third-order valence-electron chi connectivity index (χ3n) is 3.51. The molecule has 0 N–H and O–H groups in total. The molecule has 2 fully saturated rings. The largest absolute Gasteiger partial charge is 0.381 e. The van der Waals surface area contributed by atoms with E-state index in [4.69, 9.17) is 4.74 Å². The Balaban J connectivity index is 1.86. The molecule has 0 radical (unpaired) electrons. The van der Waals surface area contributed by atoms with Gasteiger partial charge in [-0.2, -0.15) is 0 Å². The smallest absolute Gasteiger partial charge is 0.148 e. The zero-order valence-electron chi connectivity index (χ0n) is 8.87. The second-order valence-electron chi connectivity index (χ2n) is 4.48. The predicted octanol–water partition coefficient (Wildman–Crippen LogP) is 1.08. The van der Waals surface area contributed by atoms with Crippen LogP contribution in [0.3, 0.4) is 0 Å². The fourth-order valence-corrected chi connectivity index (χ4v) is 2.44. The Bertz CT molecular complexity index is 211. The van der Waals surface area contributed by atoms with Crippen LogP contribution in [0.2, 0.25) is 0 Å². The van der Waals surface area contributed by atoms with Gasteiger partial charge in [-0.1, -0.05) is 0 Å². The lowest BCUT2D eigenvalue weighted by Crippen LogP contribution is -2.40. The van der Waals surface area contributed by atoms with Crippen LogP contribution in [0.5, 0.6) is 0 Å². The fourth-order valence-electron chi connectivity index (χ4n) is 2.44. The molecule has 0 bridgehead atoms. The van der Waals surface area contributed by atoms with Crippen molar-refractivity contribution in [1.29, 1.82) is 0 Å². The molecule has 2 atom stereocenters. The molecule has 80 valence electrons. The standard InChI is InChI=1S/C11H19NO2/c1-9(10-3-2-6-14-8-10)12-5-4-11(13)7-12/h9-10H,2-8H2,1H3. The quantitative estimate of drug-likeness (QED) is 0.663. The van der Waals surface area contributed by atoms with Gasteiger partial charge in [0.2, 0.25) is 0 Å². The highest BCUT2D eigenvalue weighted by molar-refractivity contribution is 5.82. The highest BCUT2D eigenvalue weighted by Crippen LogP contribution is 2.23. The summed E-state index contributed by atoms with van der Waals surface area (Å²) in [5, 5.41) is 0. The number of hydrogen-bond acceptors (Lipinski definition) is 3. The number of ketones is 1. The van der Waals surface area contributed by atoms with Gasteiger partial charge in [-0.05, 0) is 25.7 Å². The first-order valence-electron chi connectivity index (χ1n) is 5.61. The zero-order valence-corrected chi connectivity index (χ0v) is 8.87. The maximum Gasteiger partial charge on any atom is 0.148 e. The molecule has 0 saturated carbocycles. The lowest BCUT2D eigenvalue weighted by molar-refractivity contribution is -0.117. The molecule has 2 saturated heterocycles. The van der Waals surface area contributed by atoms with Gasteiger partial charge in [0, 0.05) is 25.6 Å². The van der Waals surface area contributed by atoms with Crippen molar-refractivity contribution in [3.05, 3.63) is 0 Å². The van der Waals surface area contributed by atoms with Crippen molar-refractivity contribution in [2.24, 2.45) is 5.92 Å². The number of carbonyl (C=O) groups excluding carboxylic acids is 1. The Hall–Kier alpha value is -0.410. The molecule has 2 aliphatic rings. The van der Waals surface area contributed by atoms with E-state index >= 15 is 0 Å². The number of rotatable bonds is 2. The first-order valence-corrected chi connectivity index (χ1v) is 5.61. The molecular weight excluding hydrogens is 178 g/mol. The van der Waals surface area contributed by atoms with Gasteiger partial charge in [0.05, 0.1) is 13.2 Å². The summed E-state index contributed by atoms with van der Waals surface area (Å²) in [6, 6.07) is 0.516. The van der Waals surface area contributed by atoms with Crippen molar-refractivity contribution in [3.8, 4) is 0 Å². The normalized spacial score (nSPS) is 32.1. The van der Waals surface area contributed by atoms with Crippen LogP contribution in [0.25, 0.3) is 0 Å². The molecule has 3 heteroatoms. The molecule has 0 amide bonds. The maximum absolute atomic E-state index is 11.2. The van der Waals surface area contributed by atoms with E-state index < -0.39 is 0 Å². The van der Waals surface area contributed by atoms with Crippen LogP contribution in [-0.4, -0.2) is 43.0 Å². The minimum atomic E-state index is 0.397. The molecule has 2 rings (SSSR count). The second-order valence-corrected chi connectivity index (χ2v) is 4.48. The number of ether oxygens (including phenoxy) is 1. The lowest BCUT2D eigenvalue weighted by atomic mass is 9.94. The minimum Gasteiger partial charge on any atom is -0.381 e. The van der Waals surface area contributed by atoms with E-state index in [9.17, 15) is 4.79 Å². The Labute approximate surface area is 85.4 Å². The van der Waals surface area contributed by atoms with Crippen molar-refractivity contribution >= 4 is 5.78 Å².